The van der Waals surface area contributed by atoms with E-state index >= 15 is 0 Å². The van der Waals surface area contributed by atoms with E-state index in [2.05, 4.69) is 5.18 Å². The summed E-state index contributed by atoms with van der Waals surface area (Å²) in [6.45, 7) is 2.32. The smallest absolute Gasteiger partial charge is 0.169 e. The third-order valence-electron chi connectivity index (χ3n) is 1.23. The molecule has 1 aromatic rings. The standard InChI is InChI=1S/C6H9N3O2/c1-2-11-9-4-3-5(8-10)6(9)7/h3-4H,2,7H2,1H3. The molecule has 11 heavy (non-hydrogen) atoms. The first-order valence-electron chi connectivity index (χ1n) is 3.23. The Balaban J connectivity index is 2.90. The summed E-state index contributed by atoms with van der Waals surface area (Å²) in [4.78, 5) is 15.1. The summed E-state index contributed by atoms with van der Waals surface area (Å²) in [6, 6.07) is 1.50. The van der Waals surface area contributed by atoms with Gasteiger partial charge < -0.3 is 10.6 Å². The van der Waals surface area contributed by atoms with E-state index in [9.17, 15) is 4.91 Å². The molecule has 1 heterocycles. The topological polar surface area (TPSA) is 69.6 Å². The third-order valence-corrected chi connectivity index (χ3v) is 1.23. The van der Waals surface area contributed by atoms with E-state index in [0.717, 1.165) is 0 Å². The van der Waals surface area contributed by atoms with Crippen molar-refractivity contribution in [3.8, 4) is 0 Å². The zero-order chi connectivity index (χ0) is 8.27. The Morgan fingerprint density at radius 2 is 2.55 bits per heavy atom. The molecule has 0 fully saturated rings. The van der Waals surface area contributed by atoms with Crippen molar-refractivity contribution in [2.45, 2.75) is 6.92 Å². The van der Waals surface area contributed by atoms with E-state index in [1.165, 1.54) is 10.8 Å². The average molecular weight is 155 g/mol. The summed E-state index contributed by atoms with van der Waals surface area (Å²) < 4.78 is 1.32. The van der Waals surface area contributed by atoms with Crippen molar-refractivity contribution in [1.82, 2.24) is 4.73 Å². The second-order valence-corrected chi connectivity index (χ2v) is 1.92. The quantitative estimate of drug-likeness (QED) is 0.659. The van der Waals surface area contributed by atoms with Gasteiger partial charge in [-0.05, 0) is 18.2 Å². The second kappa shape index (κ2) is 3.05. The molecule has 1 rings (SSSR count). The van der Waals surface area contributed by atoms with E-state index in [0.29, 0.717) is 6.61 Å². The molecule has 0 aliphatic carbocycles. The maximum atomic E-state index is 10.0. The van der Waals surface area contributed by atoms with Crippen LogP contribution in [0.15, 0.2) is 17.4 Å². The fourth-order valence-electron chi connectivity index (χ4n) is 0.746. The number of nitrogen functional groups attached to an aromatic ring is 1. The average Bonchev–Trinajstić information content (AvgIpc) is 2.34. The van der Waals surface area contributed by atoms with Gasteiger partial charge >= 0.3 is 0 Å². The molecule has 5 heteroatoms. The van der Waals surface area contributed by atoms with Gasteiger partial charge in [-0.1, -0.05) is 0 Å². The van der Waals surface area contributed by atoms with Gasteiger partial charge in [0.25, 0.3) is 0 Å². The van der Waals surface area contributed by atoms with Crippen LogP contribution >= 0.6 is 0 Å². The van der Waals surface area contributed by atoms with Crippen molar-refractivity contribution < 1.29 is 4.84 Å². The Kier molecular flexibility index (Phi) is 2.10. The van der Waals surface area contributed by atoms with E-state index < -0.39 is 0 Å². The number of nitrogens with two attached hydrogens (primary N) is 1. The van der Waals surface area contributed by atoms with Gasteiger partial charge in [-0.25, -0.2) is 0 Å². The van der Waals surface area contributed by atoms with Crippen molar-refractivity contribution in [2.24, 2.45) is 5.18 Å². The molecular formula is C6H9N3O2. The predicted octanol–water partition coefficient (Wildman–Crippen LogP) is 0.917. The highest BCUT2D eigenvalue weighted by molar-refractivity contribution is 5.58. The van der Waals surface area contributed by atoms with Crippen molar-refractivity contribution >= 4 is 11.5 Å². The van der Waals surface area contributed by atoms with Crippen LogP contribution in [0.4, 0.5) is 11.5 Å². The number of nitrogens with zero attached hydrogens (tertiary/aromatic N) is 2. The van der Waals surface area contributed by atoms with Gasteiger partial charge in [0, 0.05) is 6.20 Å². The van der Waals surface area contributed by atoms with Gasteiger partial charge in [0.05, 0.1) is 0 Å². The third kappa shape index (κ3) is 1.31. The lowest BCUT2D eigenvalue weighted by molar-refractivity contribution is 0.128. The number of rotatable bonds is 3. The highest BCUT2D eigenvalue weighted by Gasteiger charge is 2.04. The molecule has 0 aliphatic rings. The fourth-order valence-corrected chi connectivity index (χ4v) is 0.746. The largest absolute Gasteiger partial charge is 0.413 e. The monoisotopic (exact) mass is 155 g/mol. The SMILES string of the molecule is CCOn1ccc(N=O)c1N. The summed E-state index contributed by atoms with van der Waals surface area (Å²) in [5.74, 6) is 0.238. The molecule has 2 N–H and O–H groups in total. The molecule has 0 aliphatic heterocycles. The molecule has 0 radical (unpaired) electrons. The van der Waals surface area contributed by atoms with Gasteiger partial charge in [-0.2, -0.15) is 4.73 Å². The Hall–Kier alpha value is -1.52. The molecule has 5 nitrogen and oxygen atoms in total. The molecule has 0 spiro atoms. The fraction of sp³-hybridized carbons (Fsp3) is 0.333. The highest BCUT2D eigenvalue weighted by Crippen LogP contribution is 2.21. The zero-order valence-electron chi connectivity index (χ0n) is 6.15. The molecule has 0 amide bonds. The maximum Gasteiger partial charge on any atom is 0.169 e. The molecular weight excluding hydrogens is 146 g/mol. The second-order valence-electron chi connectivity index (χ2n) is 1.92. The number of hydrogen-bond donors (Lipinski definition) is 1. The minimum absolute atomic E-state index is 0.207. The van der Waals surface area contributed by atoms with Crippen LogP contribution in [0.3, 0.4) is 0 Å². The first-order chi connectivity index (χ1) is 5.29. The minimum Gasteiger partial charge on any atom is -0.413 e. The molecule has 60 valence electrons. The van der Waals surface area contributed by atoms with Crippen LogP contribution in [-0.4, -0.2) is 11.3 Å². The lowest BCUT2D eigenvalue weighted by Crippen LogP contribution is -2.11. The lowest BCUT2D eigenvalue weighted by Gasteiger charge is -2.04. The lowest BCUT2D eigenvalue weighted by atomic mass is 10.5. The van der Waals surface area contributed by atoms with Crippen molar-refractivity contribution in [1.29, 1.82) is 0 Å². The highest BCUT2D eigenvalue weighted by atomic mass is 16.7. The van der Waals surface area contributed by atoms with Crippen molar-refractivity contribution in [2.75, 3.05) is 12.3 Å². The summed E-state index contributed by atoms with van der Waals surface area (Å²) in [6.07, 6.45) is 1.55. The van der Waals surface area contributed by atoms with E-state index in [1.54, 1.807) is 6.20 Å². The number of nitroso groups, excluding NO2 is 1. The normalized spacial score (nSPS) is 9.55. The number of hydrogen-bond acceptors (Lipinski definition) is 4. The molecule has 0 saturated carbocycles. The Labute approximate surface area is 63.7 Å². The van der Waals surface area contributed by atoms with Crippen LogP contribution in [0.1, 0.15) is 6.92 Å². The Bertz CT molecular complexity index is 256. The zero-order valence-corrected chi connectivity index (χ0v) is 6.15. The molecule has 0 atom stereocenters. The number of aromatic nitrogens is 1. The molecule has 1 aromatic heterocycles. The van der Waals surface area contributed by atoms with Crippen molar-refractivity contribution in [3.63, 3.8) is 0 Å². The molecule has 0 aromatic carbocycles. The van der Waals surface area contributed by atoms with E-state index in [4.69, 9.17) is 10.6 Å². The van der Waals surface area contributed by atoms with Gasteiger partial charge in [-0.3, -0.25) is 0 Å². The van der Waals surface area contributed by atoms with E-state index in [1.807, 2.05) is 6.92 Å². The maximum absolute atomic E-state index is 10.0. The minimum atomic E-state index is 0.207. The van der Waals surface area contributed by atoms with Gasteiger partial charge in [-0.15, -0.1) is 4.91 Å². The molecule has 0 unspecified atom stereocenters. The summed E-state index contributed by atoms with van der Waals surface area (Å²) >= 11 is 0. The van der Waals surface area contributed by atoms with E-state index in [-0.39, 0.29) is 11.5 Å². The van der Waals surface area contributed by atoms with Gasteiger partial charge in [0.1, 0.15) is 6.61 Å². The predicted molar refractivity (Wildman–Crippen MR) is 41.4 cm³/mol. The van der Waals surface area contributed by atoms with Crippen molar-refractivity contribution in [3.05, 3.63) is 17.2 Å². The number of anilines is 1. The Morgan fingerprint density at radius 3 is 3.00 bits per heavy atom. The summed E-state index contributed by atoms with van der Waals surface area (Å²) in [5, 5.41) is 2.70. The van der Waals surface area contributed by atoms with Crippen LogP contribution in [0.25, 0.3) is 0 Å². The first-order valence-corrected chi connectivity index (χ1v) is 3.23. The van der Waals surface area contributed by atoms with Crippen LogP contribution in [0.5, 0.6) is 0 Å². The van der Waals surface area contributed by atoms with Crippen LogP contribution in [0.2, 0.25) is 0 Å². The molecule has 0 saturated heterocycles. The van der Waals surface area contributed by atoms with Gasteiger partial charge in [0.2, 0.25) is 0 Å². The van der Waals surface area contributed by atoms with Crippen LogP contribution < -0.4 is 10.6 Å². The first kappa shape index (κ1) is 7.59. The Morgan fingerprint density at radius 1 is 1.82 bits per heavy atom. The summed E-state index contributed by atoms with van der Waals surface area (Å²) in [5.41, 5.74) is 5.65. The molecule has 0 bridgehead atoms. The summed E-state index contributed by atoms with van der Waals surface area (Å²) in [7, 11) is 0. The van der Waals surface area contributed by atoms with Crippen LogP contribution in [0, 0.1) is 4.91 Å². The van der Waals surface area contributed by atoms with Gasteiger partial charge in [0.15, 0.2) is 11.5 Å². The van der Waals surface area contributed by atoms with Crippen LogP contribution in [-0.2, 0) is 0 Å².